The van der Waals surface area contributed by atoms with Crippen molar-refractivity contribution in [2.45, 2.75) is 29.1 Å². The van der Waals surface area contributed by atoms with Crippen LogP contribution in [0.15, 0.2) is 0 Å². The highest BCUT2D eigenvalue weighted by molar-refractivity contribution is 6.70. The van der Waals surface area contributed by atoms with Crippen LogP contribution >= 0.6 is 46.4 Å². The zero-order valence-corrected chi connectivity index (χ0v) is 9.14. The fourth-order valence-electron chi connectivity index (χ4n) is 0.426. The summed E-state index contributed by atoms with van der Waals surface area (Å²) < 4.78 is 3.48. The molecule has 11 heavy (non-hydrogen) atoms. The summed E-state index contributed by atoms with van der Waals surface area (Å²) in [6.45, 7) is 2.57. The number of alkyl halides is 4. The molecule has 0 aromatic carbocycles. The Hall–Kier alpha value is 1.12. The predicted molar refractivity (Wildman–Crippen MR) is 50.8 cm³/mol. The Morgan fingerprint density at radius 1 is 1.36 bits per heavy atom. The van der Waals surface area contributed by atoms with Gasteiger partial charge in [0.15, 0.2) is 5.56 Å². The van der Waals surface area contributed by atoms with Gasteiger partial charge in [0.25, 0.3) is 0 Å². The minimum Gasteiger partial charge on any atom is -0.358 e. The van der Waals surface area contributed by atoms with E-state index in [1.54, 1.807) is 0 Å². The Labute approximate surface area is 86.9 Å². The molecule has 68 valence electrons. The highest BCUT2D eigenvalue weighted by Gasteiger charge is 2.31. The number of hydrogen-bond donors (Lipinski definition) is 0. The first-order valence-corrected chi connectivity index (χ1v) is 4.88. The van der Waals surface area contributed by atoms with Crippen LogP contribution < -0.4 is 0 Å². The Balaban J connectivity index is 3.44. The van der Waals surface area contributed by atoms with Crippen LogP contribution in [-0.2, 0) is 4.74 Å². The van der Waals surface area contributed by atoms with Crippen LogP contribution in [0.4, 0.5) is 0 Å². The predicted octanol–water partition coefficient (Wildman–Crippen LogP) is 3.74. The van der Waals surface area contributed by atoms with Crippen molar-refractivity contribution in [2.24, 2.45) is 0 Å². The van der Waals surface area contributed by atoms with Gasteiger partial charge in [0.2, 0.25) is 3.79 Å². The van der Waals surface area contributed by atoms with Gasteiger partial charge in [-0.05, 0) is 6.42 Å². The Morgan fingerprint density at radius 3 is 2.27 bits per heavy atom. The average Bonchev–Trinajstić information content (AvgIpc) is 1.86. The molecule has 0 saturated carbocycles. The van der Waals surface area contributed by atoms with Crippen LogP contribution in [0.1, 0.15) is 19.8 Å². The van der Waals surface area contributed by atoms with Crippen LogP contribution in [0.25, 0.3) is 0 Å². The Bertz CT molecular complexity index is 101. The molecule has 0 aromatic heterocycles. The number of ether oxygens (including phenoxy) is 1. The van der Waals surface area contributed by atoms with E-state index >= 15 is 0 Å². The van der Waals surface area contributed by atoms with Crippen molar-refractivity contribution < 1.29 is 4.74 Å². The molecule has 0 fully saturated rings. The normalized spacial score (nSPS) is 15.0. The molecule has 0 rings (SSSR count). The molecule has 0 heterocycles. The van der Waals surface area contributed by atoms with Crippen LogP contribution in [-0.4, -0.2) is 16.0 Å². The fourth-order valence-corrected chi connectivity index (χ4v) is 0.704. The van der Waals surface area contributed by atoms with Crippen molar-refractivity contribution in [1.29, 1.82) is 0 Å². The number of hydrogen-bond acceptors (Lipinski definition) is 1. The third kappa shape index (κ3) is 6.30. The lowest BCUT2D eigenvalue weighted by atomic mass is 10.4. The Kier molecular flexibility index (Phi) is 6.29. The van der Waals surface area contributed by atoms with Crippen molar-refractivity contribution in [3.63, 3.8) is 0 Å². The molecule has 1 unspecified atom stereocenters. The van der Waals surface area contributed by atoms with Gasteiger partial charge in [0.1, 0.15) is 0 Å². The highest BCUT2D eigenvalue weighted by Crippen LogP contribution is 2.34. The SMILES string of the molecule is CCCCOC(Cl)C(Cl)(Cl)Cl. The minimum absolute atomic E-state index is 0.526. The van der Waals surface area contributed by atoms with Crippen molar-refractivity contribution in [3.8, 4) is 0 Å². The third-order valence-corrected chi connectivity index (χ3v) is 2.40. The minimum atomic E-state index is -1.53. The summed E-state index contributed by atoms with van der Waals surface area (Å²) in [4.78, 5) is 0. The molecular weight excluding hydrogens is 230 g/mol. The van der Waals surface area contributed by atoms with E-state index in [4.69, 9.17) is 51.1 Å². The van der Waals surface area contributed by atoms with Gasteiger partial charge in [0, 0.05) is 6.61 Å². The number of unbranched alkanes of at least 4 members (excludes halogenated alkanes) is 1. The monoisotopic (exact) mass is 238 g/mol. The van der Waals surface area contributed by atoms with Gasteiger partial charge in [-0.2, -0.15) is 0 Å². The zero-order valence-electron chi connectivity index (χ0n) is 6.12. The first kappa shape index (κ1) is 12.1. The molecule has 0 aliphatic carbocycles. The molecule has 0 N–H and O–H groups in total. The van der Waals surface area contributed by atoms with E-state index < -0.39 is 9.36 Å². The standard InChI is InChI=1S/C6H10Cl4O/c1-2-3-4-11-5(7)6(8,9)10/h5H,2-4H2,1H3. The Morgan fingerprint density at radius 2 is 1.91 bits per heavy atom. The number of halogens is 4. The maximum atomic E-state index is 5.57. The van der Waals surface area contributed by atoms with Crippen molar-refractivity contribution in [3.05, 3.63) is 0 Å². The highest BCUT2D eigenvalue weighted by atomic mass is 35.6. The smallest absolute Gasteiger partial charge is 0.230 e. The second-order valence-corrected chi connectivity index (χ2v) is 4.85. The van der Waals surface area contributed by atoms with E-state index in [9.17, 15) is 0 Å². The fraction of sp³-hybridized carbons (Fsp3) is 1.00. The van der Waals surface area contributed by atoms with Gasteiger partial charge < -0.3 is 4.74 Å². The number of rotatable bonds is 4. The molecular formula is C6H10Cl4O. The first-order chi connectivity index (χ1) is 4.98. The quantitative estimate of drug-likeness (QED) is 0.537. The van der Waals surface area contributed by atoms with Gasteiger partial charge in [-0.1, -0.05) is 59.7 Å². The molecule has 0 radical (unpaired) electrons. The largest absolute Gasteiger partial charge is 0.358 e. The molecule has 0 saturated heterocycles. The lowest BCUT2D eigenvalue weighted by Gasteiger charge is -2.17. The molecule has 0 spiro atoms. The summed E-state index contributed by atoms with van der Waals surface area (Å²) >= 11 is 21.9. The van der Waals surface area contributed by atoms with Crippen molar-refractivity contribution >= 4 is 46.4 Å². The summed E-state index contributed by atoms with van der Waals surface area (Å²) in [7, 11) is 0. The van der Waals surface area contributed by atoms with Gasteiger partial charge >= 0.3 is 0 Å². The average molecular weight is 240 g/mol. The lowest BCUT2D eigenvalue weighted by molar-refractivity contribution is 0.107. The lowest BCUT2D eigenvalue weighted by Crippen LogP contribution is -2.23. The topological polar surface area (TPSA) is 9.23 Å². The molecule has 1 atom stereocenters. The summed E-state index contributed by atoms with van der Waals surface area (Å²) in [6.07, 6.45) is 1.95. The first-order valence-electron chi connectivity index (χ1n) is 3.31. The van der Waals surface area contributed by atoms with Crippen LogP contribution in [0, 0.1) is 0 Å². The van der Waals surface area contributed by atoms with Gasteiger partial charge in [-0.25, -0.2) is 0 Å². The molecule has 0 bridgehead atoms. The summed E-state index contributed by atoms with van der Waals surface area (Å²) in [5, 5.41) is 0. The van der Waals surface area contributed by atoms with Crippen LogP contribution in [0.3, 0.4) is 0 Å². The van der Waals surface area contributed by atoms with E-state index in [-0.39, 0.29) is 0 Å². The van der Waals surface area contributed by atoms with Crippen LogP contribution in [0.2, 0.25) is 0 Å². The van der Waals surface area contributed by atoms with Crippen LogP contribution in [0.5, 0.6) is 0 Å². The van der Waals surface area contributed by atoms with Crippen molar-refractivity contribution in [1.82, 2.24) is 0 Å². The van der Waals surface area contributed by atoms with E-state index in [0.29, 0.717) is 6.61 Å². The summed E-state index contributed by atoms with van der Waals surface area (Å²) in [6, 6.07) is 0. The second kappa shape index (κ2) is 5.71. The molecule has 0 aliphatic rings. The van der Waals surface area contributed by atoms with E-state index in [1.165, 1.54) is 0 Å². The van der Waals surface area contributed by atoms with Crippen molar-refractivity contribution in [2.75, 3.05) is 6.61 Å². The zero-order chi connectivity index (χ0) is 8.91. The molecule has 0 aliphatic heterocycles. The summed E-state index contributed by atoms with van der Waals surface area (Å²) in [5.41, 5.74) is -0.862. The molecule has 5 heteroatoms. The molecule has 0 aromatic rings. The molecule has 0 amide bonds. The van der Waals surface area contributed by atoms with E-state index in [1.807, 2.05) is 6.92 Å². The van der Waals surface area contributed by atoms with Gasteiger partial charge in [0.05, 0.1) is 0 Å². The summed E-state index contributed by atoms with van der Waals surface area (Å²) in [5.74, 6) is 0. The molecule has 1 nitrogen and oxygen atoms in total. The maximum absolute atomic E-state index is 5.57. The second-order valence-electron chi connectivity index (χ2n) is 2.08. The van der Waals surface area contributed by atoms with E-state index in [2.05, 4.69) is 0 Å². The maximum Gasteiger partial charge on any atom is 0.230 e. The third-order valence-electron chi connectivity index (χ3n) is 1.02. The van der Waals surface area contributed by atoms with Gasteiger partial charge in [-0.15, -0.1) is 0 Å². The van der Waals surface area contributed by atoms with E-state index in [0.717, 1.165) is 12.8 Å². The van der Waals surface area contributed by atoms with Gasteiger partial charge in [-0.3, -0.25) is 0 Å².